The molecule has 1 aromatic rings. The Labute approximate surface area is 116 Å². The van der Waals surface area contributed by atoms with E-state index >= 15 is 0 Å². The summed E-state index contributed by atoms with van der Waals surface area (Å²) >= 11 is 1.57. The van der Waals surface area contributed by atoms with Gasteiger partial charge in [-0.15, -0.1) is 17.9 Å². The van der Waals surface area contributed by atoms with E-state index in [0.29, 0.717) is 6.54 Å². The van der Waals surface area contributed by atoms with Crippen LogP contribution >= 0.6 is 11.3 Å². The van der Waals surface area contributed by atoms with Gasteiger partial charge in [0.25, 0.3) is 0 Å². The molecule has 104 valence electrons. The summed E-state index contributed by atoms with van der Waals surface area (Å²) in [4.78, 5) is 25.1. The SMILES string of the molecule is C=CCN(CC(=O)O)CC(=O)NC(C)c1cccs1. The van der Waals surface area contributed by atoms with Crippen molar-refractivity contribution in [2.75, 3.05) is 19.6 Å². The van der Waals surface area contributed by atoms with Gasteiger partial charge in [0.2, 0.25) is 5.91 Å². The molecular formula is C13H18N2O3S. The maximum atomic E-state index is 11.8. The van der Waals surface area contributed by atoms with Crippen molar-refractivity contribution in [2.24, 2.45) is 0 Å². The van der Waals surface area contributed by atoms with E-state index in [0.717, 1.165) is 4.88 Å². The summed E-state index contributed by atoms with van der Waals surface area (Å²) in [6.45, 7) is 5.70. The zero-order valence-electron chi connectivity index (χ0n) is 10.8. The lowest BCUT2D eigenvalue weighted by Crippen LogP contribution is -2.40. The van der Waals surface area contributed by atoms with Crippen LogP contribution in [0.1, 0.15) is 17.8 Å². The van der Waals surface area contributed by atoms with Crippen LogP contribution in [0, 0.1) is 0 Å². The van der Waals surface area contributed by atoms with E-state index in [2.05, 4.69) is 11.9 Å². The molecule has 1 rings (SSSR count). The second-order valence-electron chi connectivity index (χ2n) is 4.16. The summed E-state index contributed by atoms with van der Waals surface area (Å²) in [7, 11) is 0. The number of thiophene rings is 1. The fourth-order valence-electron chi connectivity index (χ4n) is 1.66. The molecule has 0 spiro atoms. The highest BCUT2D eigenvalue weighted by Crippen LogP contribution is 2.17. The van der Waals surface area contributed by atoms with Crippen LogP contribution in [0.5, 0.6) is 0 Å². The summed E-state index contributed by atoms with van der Waals surface area (Å²) < 4.78 is 0. The van der Waals surface area contributed by atoms with Gasteiger partial charge < -0.3 is 10.4 Å². The smallest absolute Gasteiger partial charge is 0.317 e. The minimum absolute atomic E-state index is 0.0496. The van der Waals surface area contributed by atoms with Crippen molar-refractivity contribution in [3.8, 4) is 0 Å². The van der Waals surface area contributed by atoms with E-state index in [1.807, 2.05) is 24.4 Å². The molecule has 0 aliphatic carbocycles. The fourth-order valence-corrected chi connectivity index (χ4v) is 2.39. The van der Waals surface area contributed by atoms with Crippen molar-refractivity contribution in [3.63, 3.8) is 0 Å². The quantitative estimate of drug-likeness (QED) is 0.709. The van der Waals surface area contributed by atoms with Gasteiger partial charge in [-0.1, -0.05) is 12.1 Å². The number of hydrogen-bond acceptors (Lipinski definition) is 4. The molecule has 19 heavy (non-hydrogen) atoms. The number of aliphatic carboxylic acids is 1. The molecule has 0 radical (unpaired) electrons. The third kappa shape index (κ3) is 5.67. The number of nitrogens with one attached hydrogen (secondary N) is 1. The summed E-state index contributed by atoms with van der Waals surface area (Å²) in [6.07, 6.45) is 1.58. The minimum Gasteiger partial charge on any atom is -0.480 e. The zero-order chi connectivity index (χ0) is 14.3. The average Bonchev–Trinajstić information content (AvgIpc) is 2.81. The Hall–Kier alpha value is -1.66. The van der Waals surface area contributed by atoms with Gasteiger partial charge in [0.15, 0.2) is 0 Å². The average molecular weight is 282 g/mol. The Balaban J connectivity index is 2.47. The lowest BCUT2D eigenvalue weighted by atomic mass is 10.2. The maximum absolute atomic E-state index is 11.8. The maximum Gasteiger partial charge on any atom is 0.317 e. The molecule has 1 heterocycles. The highest BCUT2D eigenvalue weighted by molar-refractivity contribution is 7.10. The van der Waals surface area contributed by atoms with Gasteiger partial charge in [-0.25, -0.2) is 0 Å². The second kappa shape index (κ2) is 7.70. The molecule has 2 N–H and O–H groups in total. The first-order valence-electron chi connectivity index (χ1n) is 5.90. The Morgan fingerprint density at radius 2 is 2.32 bits per heavy atom. The van der Waals surface area contributed by atoms with Crippen LogP contribution in [-0.4, -0.2) is 41.5 Å². The Kier molecular flexibility index (Phi) is 6.24. The first kappa shape index (κ1) is 15.4. The third-order valence-electron chi connectivity index (χ3n) is 2.46. The van der Waals surface area contributed by atoms with E-state index in [9.17, 15) is 9.59 Å². The van der Waals surface area contributed by atoms with Crippen molar-refractivity contribution in [2.45, 2.75) is 13.0 Å². The van der Waals surface area contributed by atoms with Crippen molar-refractivity contribution in [1.29, 1.82) is 0 Å². The predicted octanol–water partition coefficient (Wildman–Crippen LogP) is 1.50. The number of rotatable bonds is 8. The molecule has 1 amide bonds. The van der Waals surface area contributed by atoms with Gasteiger partial charge in [0, 0.05) is 11.4 Å². The summed E-state index contributed by atoms with van der Waals surface area (Å²) in [6, 6.07) is 3.81. The molecule has 6 heteroatoms. The molecule has 0 bridgehead atoms. The Morgan fingerprint density at radius 1 is 1.58 bits per heavy atom. The van der Waals surface area contributed by atoms with Gasteiger partial charge in [-0.3, -0.25) is 14.5 Å². The topological polar surface area (TPSA) is 69.6 Å². The van der Waals surface area contributed by atoms with E-state index in [1.165, 1.54) is 4.90 Å². The first-order chi connectivity index (χ1) is 9.02. The number of carboxylic acid groups (broad SMARTS) is 1. The van der Waals surface area contributed by atoms with E-state index in [-0.39, 0.29) is 25.0 Å². The molecule has 0 aliphatic heterocycles. The molecule has 1 aromatic heterocycles. The number of nitrogens with zero attached hydrogens (tertiary/aromatic N) is 1. The van der Waals surface area contributed by atoms with E-state index in [1.54, 1.807) is 17.4 Å². The monoisotopic (exact) mass is 282 g/mol. The van der Waals surface area contributed by atoms with Crippen molar-refractivity contribution in [1.82, 2.24) is 10.2 Å². The van der Waals surface area contributed by atoms with E-state index < -0.39 is 5.97 Å². The van der Waals surface area contributed by atoms with Gasteiger partial charge in [-0.05, 0) is 18.4 Å². The number of carbonyl (C=O) groups excluding carboxylic acids is 1. The van der Waals surface area contributed by atoms with Crippen LogP contribution in [0.2, 0.25) is 0 Å². The zero-order valence-corrected chi connectivity index (χ0v) is 11.7. The standard InChI is InChI=1S/C13H18N2O3S/c1-3-6-15(9-13(17)18)8-12(16)14-10(2)11-5-4-7-19-11/h3-5,7,10H,1,6,8-9H2,2H3,(H,14,16)(H,17,18). The number of hydrogen-bond donors (Lipinski definition) is 2. The molecule has 0 saturated carbocycles. The van der Waals surface area contributed by atoms with Crippen LogP contribution in [0.25, 0.3) is 0 Å². The normalized spacial score (nSPS) is 12.1. The van der Waals surface area contributed by atoms with Crippen LogP contribution in [0.15, 0.2) is 30.2 Å². The van der Waals surface area contributed by atoms with Crippen molar-refractivity contribution < 1.29 is 14.7 Å². The first-order valence-corrected chi connectivity index (χ1v) is 6.78. The minimum atomic E-state index is -0.957. The van der Waals surface area contributed by atoms with Crippen LogP contribution in [0.3, 0.4) is 0 Å². The van der Waals surface area contributed by atoms with Gasteiger partial charge >= 0.3 is 5.97 Å². The highest BCUT2D eigenvalue weighted by Gasteiger charge is 2.15. The summed E-state index contributed by atoms with van der Waals surface area (Å²) in [5.74, 6) is -1.15. The number of carbonyl (C=O) groups is 2. The van der Waals surface area contributed by atoms with Crippen LogP contribution < -0.4 is 5.32 Å². The lowest BCUT2D eigenvalue weighted by Gasteiger charge is -2.19. The van der Waals surface area contributed by atoms with E-state index in [4.69, 9.17) is 5.11 Å². The molecule has 0 aliphatic rings. The largest absolute Gasteiger partial charge is 0.480 e. The predicted molar refractivity (Wildman–Crippen MR) is 75.1 cm³/mol. The summed E-state index contributed by atoms with van der Waals surface area (Å²) in [5, 5.41) is 13.5. The van der Waals surface area contributed by atoms with Crippen molar-refractivity contribution in [3.05, 3.63) is 35.0 Å². The Morgan fingerprint density at radius 3 is 2.84 bits per heavy atom. The molecule has 5 nitrogen and oxygen atoms in total. The highest BCUT2D eigenvalue weighted by atomic mass is 32.1. The fraction of sp³-hybridized carbons (Fsp3) is 0.385. The second-order valence-corrected chi connectivity index (χ2v) is 5.14. The Bertz CT molecular complexity index is 431. The molecule has 1 unspecified atom stereocenters. The van der Waals surface area contributed by atoms with Gasteiger partial charge in [0.1, 0.15) is 0 Å². The van der Waals surface area contributed by atoms with Crippen molar-refractivity contribution >= 4 is 23.2 Å². The lowest BCUT2D eigenvalue weighted by molar-refractivity contribution is -0.138. The molecule has 0 saturated heterocycles. The molecule has 0 fully saturated rings. The summed E-state index contributed by atoms with van der Waals surface area (Å²) in [5.41, 5.74) is 0. The third-order valence-corrected chi connectivity index (χ3v) is 3.52. The number of amides is 1. The van der Waals surface area contributed by atoms with Crippen LogP contribution in [-0.2, 0) is 9.59 Å². The van der Waals surface area contributed by atoms with Gasteiger partial charge in [-0.2, -0.15) is 0 Å². The number of carboxylic acids is 1. The van der Waals surface area contributed by atoms with Gasteiger partial charge in [0.05, 0.1) is 19.1 Å². The molecule has 1 atom stereocenters. The van der Waals surface area contributed by atoms with Crippen LogP contribution in [0.4, 0.5) is 0 Å². The molecule has 0 aromatic carbocycles. The molecular weight excluding hydrogens is 264 g/mol.